The average Bonchev–Trinajstić information content (AvgIpc) is 4.27. The van der Waals surface area contributed by atoms with Crippen LogP contribution in [-0.4, -0.2) is 68.9 Å². The molecule has 0 saturated carbocycles. The third-order valence-corrected chi connectivity index (χ3v) is 12.6. The number of benzene rings is 4. The van der Waals surface area contributed by atoms with E-state index >= 15 is 0 Å². The van der Waals surface area contributed by atoms with Crippen LogP contribution in [0.2, 0.25) is 0 Å². The molecule has 11 heteroatoms. The highest BCUT2D eigenvalue weighted by atomic mass is 16.5. The summed E-state index contributed by atoms with van der Waals surface area (Å²) < 4.78 is 24.4. The number of para-hydroxylation sites is 1. The standard InChI is InChI=1S/C60H63N7O4/c1-2-3-4-5-6-7-8-11-37-71-56-13-10-9-12-47(56)60-54-32-30-52(66-54)58(42-16-22-45(23-17-42)69-39-35-62)50-28-26-48(64-50)57(41-14-20-44(21-15-41)68-38-34-61)49-27-29-51(65-49)59(53-31-33-55(60)67-53)43-18-24-46(25-19-43)70-40-36-63/h9-10,12-33H,2-8,11,34-40,61-63H2,1H3. The zero-order chi connectivity index (χ0) is 48.8. The van der Waals surface area contributed by atoms with E-state index in [1.807, 2.05) is 54.6 Å². The third-order valence-electron chi connectivity index (χ3n) is 12.6. The second-order valence-corrected chi connectivity index (χ2v) is 17.7. The van der Waals surface area contributed by atoms with Gasteiger partial charge in [-0.25, -0.2) is 20.0 Å². The molecule has 0 spiro atoms. The number of aliphatic imine (C=N–C) groups is 4. The first-order chi connectivity index (χ1) is 35.0. The molecule has 4 aromatic rings. The predicted octanol–water partition coefficient (Wildman–Crippen LogP) is 11.2. The minimum atomic E-state index is 0.419. The van der Waals surface area contributed by atoms with Crippen LogP contribution in [-0.2, 0) is 0 Å². The van der Waals surface area contributed by atoms with E-state index in [1.54, 1.807) is 0 Å². The van der Waals surface area contributed by atoms with Crippen LogP contribution in [0.1, 0.15) is 80.5 Å². The Morgan fingerprint density at radius 3 is 1.10 bits per heavy atom. The lowest BCUT2D eigenvalue weighted by molar-refractivity contribution is 0.303. The highest BCUT2D eigenvalue weighted by Crippen LogP contribution is 2.41. The molecule has 0 fully saturated rings. The maximum atomic E-state index is 6.68. The van der Waals surface area contributed by atoms with Gasteiger partial charge in [0.1, 0.15) is 42.8 Å². The lowest BCUT2D eigenvalue weighted by atomic mass is 9.97. The van der Waals surface area contributed by atoms with Crippen LogP contribution in [0.4, 0.5) is 0 Å². The number of rotatable bonds is 23. The highest BCUT2D eigenvalue weighted by Gasteiger charge is 2.29. The van der Waals surface area contributed by atoms with E-state index in [0.29, 0.717) is 46.1 Å². The molecule has 0 unspecified atom stereocenters. The first-order valence-electron chi connectivity index (χ1n) is 25.1. The van der Waals surface area contributed by atoms with Gasteiger partial charge in [0.25, 0.3) is 0 Å². The van der Waals surface area contributed by atoms with Crippen molar-refractivity contribution in [1.29, 1.82) is 0 Å². The molecule has 0 aliphatic carbocycles. The molecule has 9 rings (SSSR count). The van der Waals surface area contributed by atoms with Crippen molar-refractivity contribution in [2.24, 2.45) is 37.2 Å². The summed E-state index contributed by atoms with van der Waals surface area (Å²) in [5, 5.41) is 0. The molecule has 8 bridgehead atoms. The van der Waals surface area contributed by atoms with Gasteiger partial charge in [0.2, 0.25) is 0 Å². The summed E-state index contributed by atoms with van der Waals surface area (Å²) in [5.41, 5.74) is 30.6. The Morgan fingerprint density at radius 1 is 0.352 bits per heavy atom. The smallest absolute Gasteiger partial charge is 0.127 e. The highest BCUT2D eigenvalue weighted by molar-refractivity contribution is 6.39. The fraction of sp³-hybridized carbons (Fsp3) is 0.267. The monoisotopic (exact) mass is 945 g/mol. The molecule has 5 aliphatic rings. The fourth-order valence-electron chi connectivity index (χ4n) is 9.15. The maximum Gasteiger partial charge on any atom is 0.127 e. The molecule has 0 aromatic heterocycles. The number of unbranched alkanes of at least 4 members (excludes halogenated alkanes) is 7. The summed E-state index contributed by atoms with van der Waals surface area (Å²) in [4.78, 5) is 21.9. The minimum absolute atomic E-state index is 0.419. The number of nitrogens with zero attached hydrogens (tertiary/aromatic N) is 4. The number of nitrogens with two attached hydrogens (primary N) is 3. The SMILES string of the molecule is CCCCCCCCCCOc1ccccc1C1=C2C=CC(=N2)C(c2ccc(OCCN)cc2)=C2C=CC(=N2)C(c2ccc(OCCN)cc2)=C2C=CC(=N2)C(c2ccc(OCCN)cc2)=C2C=CC1=N2. The molecule has 0 radical (unpaired) electrons. The van der Waals surface area contributed by atoms with E-state index in [4.69, 9.17) is 56.1 Å². The summed E-state index contributed by atoms with van der Waals surface area (Å²) in [6.07, 6.45) is 26.3. The average molecular weight is 946 g/mol. The molecule has 5 aliphatic heterocycles. The Balaban J connectivity index is 1.21. The van der Waals surface area contributed by atoms with Crippen LogP contribution in [0.3, 0.4) is 0 Å². The van der Waals surface area contributed by atoms with Crippen LogP contribution < -0.4 is 36.1 Å². The van der Waals surface area contributed by atoms with Crippen molar-refractivity contribution in [3.63, 3.8) is 0 Å². The molecular weight excluding hydrogens is 883 g/mol. The Kier molecular flexibility index (Phi) is 16.4. The summed E-state index contributed by atoms with van der Waals surface area (Å²) in [5.74, 6) is 2.99. The Hall–Kier alpha value is -7.44. The van der Waals surface area contributed by atoms with Crippen molar-refractivity contribution < 1.29 is 18.9 Å². The number of ether oxygens (including phenoxy) is 4. The molecule has 5 heterocycles. The van der Waals surface area contributed by atoms with Crippen LogP contribution in [0.15, 0.2) is 188 Å². The normalized spacial score (nSPS) is 15.8. The maximum absolute atomic E-state index is 6.68. The van der Waals surface area contributed by atoms with Crippen molar-refractivity contribution in [2.75, 3.05) is 46.1 Å². The molecule has 11 nitrogen and oxygen atoms in total. The zero-order valence-corrected chi connectivity index (χ0v) is 40.6. The van der Waals surface area contributed by atoms with Crippen LogP contribution >= 0.6 is 0 Å². The lowest BCUT2D eigenvalue weighted by Crippen LogP contribution is -2.10. The largest absolute Gasteiger partial charge is 0.493 e. The van der Waals surface area contributed by atoms with Gasteiger partial charge in [0.05, 0.1) is 52.2 Å². The minimum Gasteiger partial charge on any atom is -0.493 e. The molecule has 0 atom stereocenters. The van der Waals surface area contributed by atoms with Crippen molar-refractivity contribution in [3.8, 4) is 23.0 Å². The lowest BCUT2D eigenvalue weighted by Gasteiger charge is -2.16. The van der Waals surface area contributed by atoms with Gasteiger partial charge in [0.15, 0.2) is 0 Å². The molecule has 362 valence electrons. The van der Waals surface area contributed by atoms with Crippen molar-refractivity contribution in [1.82, 2.24) is 0 Å². The van der Waals surface area contributed by atoms with Gasteiger partial charge in [-0.3, -0.25) is 0 Å². The van der Waals surface area contributed by atoms with E-state index < -0.39 is 0 Å². The Labute approximate surface area is 417 Å². The summed E-state index contributed by atoms with van der Waals surface area (Å²) in [7, 11) is 0. The quantitative estimate of drug-likeness (QED) is 0.0623. The van der Waals surface area contributed by atoms with E-state index in [2.05, 4.69) is 98.0 Å². The topological polar surface area (TPSA) is 164 Å². The summed E-state index contributed by atoms with van der Waals surface area (Å²) in [6, 6.07) is 32.3. The number of hydrogen-bond acceptors (Lipinski definition) is 11. The van der Waals surface area contributed by atoms with Crippen molar-refractivity contribution in [3.05, 3.63) is 191 Å². The predicted molar refractivity (Wildman–Crippen MR) is 292 cm³/mol. The Morgan fingerprint density at radius 2 is 0.704 bits per heavy atom. The van der Waals surface area contributed by atoms with Crippen molar-refractivity contribution in [2.45, 2.75) is 58.3 Å². The zero-order valence-electron chi connectivity index (χ0n) is 40.6. The van der Waals surface area contributed by atoms with E-state index in [9.17, 15) is 0 Å². The van der Waals surface area contributed by atoms with E-state index in [-0.39, 0.29) is 0 Å². The van der Waals surface area contributed by atoms with Gasteiger partial charge in [-0.05, 0) is 114 Å². The van der Waals surface area contributed by atoms with Crippen molar-refractivity contribution >= 4 is 45.1 Å². The van der Waals surface area contributed by atoms with Crippen LogP contribution in [0.5, 0.6) is 23.0 Å². The third kappa shape index (κ3) is 11.6. The number of hydrogen-bond donors (Lipinski definition) is 3. The van der Waals surface area contributed by atoms with E-state index in [0.717, 1.165) is 126 Å². The van der Waals surface area contributed by atoms with Gasteiger partial charge in [0, 0.05) is 47.5 Å². The molecule has 0 saturated heterocycles. The van der Waals surface area contributed by atoms with Gasteiger partial charge >= 0.3 is 0 Å². The first-order valence-corrected chi connectivity index (χ1v) is 25.1. The summed E-state index contributed by atoms with van der Waals surface area (Å²) in [6.45, 7) is 5.40. The fourth-order valence-corrected chi connectivity index (χ4v) is 9.15. The van der Waals surface area contributed by atoms with Gasteiger partial charge in [-0.2, -0.15) is 0 Å². The van der Waals surface area contributed by atoms with Gasteiger partial charge < -0.3 is 36.1 Å². The Bertz CT molecular complexity index is 2910. The molecular formula is C60H63N7O4. The number of fused-ring (bicyclic) bond motifs is 4. The number of allylic oxidation sites excluding steroid dienone is 12. The molecule has 4 aromatic carbocycles. The molecule has 71 heavy (non-hydrogen) atoms. The molecule has 6 N–H and O–H groups in total. The second-order valence-electron chi connectivity index (χ2n) is 17.7. The van der Waals surface area contributed by atoms with E-state index in [1.165, 1.54) is 38.5 Å². The van der Waals surface area contributed by atoms with Gasteiger partial charge in [-0.15, -0.1) is 0 Å². The molecule has 0 amide bonds. The second kappa shape index (κ2) is 23.9. The van der Waals surface area contributed by atoms with Gasteiger partial charge in [-0.1, -0.05) is 106 Å². The summed E-state index contributed by atoms with van der Waals surface area (Å²) >= 11 is 0. The van der Waals surface area contributed by atoms with Crippen LogP contribution in [0, 0.1) is 0 Å². The van der Waals surface area contributed by atoms with Crippen LogP contribution in [0.25, 0.3) is 22.3 Å². The first kappa shape index (κ1) is 48.6.